The van der Waals surface area contributed by atoms with Gasteiger partial charge in [-0.15, -0.1) is 0 Å². The quantitative estimate of drug-likeness (QED) is 0.850. The summed E-state index contributed by atoms with van der Waals surface area (Å²) in [6.07, 6.45) is 0. The number of anilines is 1. The Balaban J connectivity index is 2.11. The molecule has 0 saturated carbocycles. The number of nitrogens with two attached hydrogens (primary N) is 1. The minimum absolute atomic E-state index is 0.481. The van der Waals surface area contributed by atoms with Crippen LogP contribution in [0.15, 0.2) is 34.8 Å². The maximum absolute atomic E-state index is 5.88. The fourth-order valence-electron chi connectivity index (χ4n) is 2.03. The fraction of sp³-hybridized carbons (Fsp3) is 0.250. The van der Waals surface area contributed by atoms with E-state index in [1.807, 2.05) is 30.3 Å². The Kier molecular flexibility index (Phi) is 4.55. The molecule has 0 amide bonds. The highest BCUT2D eigenvalue weighted by atomic mass is 79.9. The topological polar surface area (TPSA) is 44.5 Å². The molecule has 4 heteroatoms. The first kappa shape index (κ1) is 14.7. The molecule has 3 nitrogen and oxygen atoms in total. The second-order valence-corrected chi connectivity index (χ2v) is 5.53. The lowest BCUT2D eigenvalue weighted by Gasteiger charge is -2.11. The molecule has 0 fully saturated rings. The predicted molar refractivity (Wildman–Crippen MR) is 85.4 cm³/mol. The Bertz CT molecular complexity index is 603. The van der Waals surface area contributed by atoms with Gasteiger partial charge in [-0.1, -0.05) is 22.0 Å². The molecule has 0 aliphatic carbocycles. The summed E-state index contributed by atoms with van der Waals surface area (Å²) in [6.45, 7) is 4.58. The van der Waals surface area contributed by atoms with Crippen molar-refractivity contribution in [3.8, 4) is 11.5 Å². The highest BCUT2D eigenvalue weighted by molar-refractivity contribution is 9.10. The average Bonchev–Trinajstić information content (AvgIpc) is 2.42. The van der Waals surface area contributed by atoms with E-state index >= 15 is 0 Å². The standard InChI is InChI=1S/C16H18BrNO2/c1-10-6-13(7-11(2)16(10)17)20-9-12-4-5-15(19-3)14(18)8-12/h4-8H,9,18H2,1-3H3. The zero-order valence-electron chi connectivity index (χ0n) is 11.9. The summed E-state index contributed by atoms with van der Waals surface area (Å²) >= 11 is 3.55. The van der Waals surface area contributed by atoms with Crippen molar-refractivity contribution in [3.63, 3.8) is 0 Å². The molecule has 0 saturated heterocycles. The number of halogens is 1. The third-order valence-electron chi connectivity index (χ3n) is 3.11. The van der Waals surface area contributed by atoms with Crippen LogP contribution < -0.4 is 15.2 Å². The number of methoxy groups -OCH3 is 1. The highest BCUT2D eigenvalue weighted by Gasteiger charge is 2.05. The fourth-order valence-corrected chi connectivity index (χ4v) is 2.26. The number of rotatable bonds is 4. The van der Waals surface area contributed by atoms with Gasteiger partial charge in [0.25, 0.3) is 0 Å². The first-order chi connectivity index (χ1) is 9.51. The molecule has 0 atom stereocenters. The SMILES string of the molecule is COc1ccc(COc2cc(C)c(Br)c(C)c2)cc1N. The number of aryl methyl sites for hydroxylation is 2. The smallest absolute Gasteiger partial charge is 0.141 e. The van der Waals surface area contributed by atoms with Gasteiger partial charge in [0.2, 0.25) is 0 Å². The molecule has 20 heavy (non-hydrogen) atoms. The maximum Gasteiger partial charge on any atom is 0.141 e. The van der Waals surface area contributed by atoms with Gasteiger partial charge in [-0.2, -0.15) is 0 Å². The zero-order valence-corrected chi connectivity index (χ0v) is 13.5. The van der Waals surface area contributed by atoms with Crippen molar-refractivity contribution in [2.45, 2.75) is 20.5 Å². The van der Waals surface area contributed by atoms with Gasteiger partial charge in [0, 0.05) is 4.47 Å². The van der Waals surface area contributed by atoms with E-state index in [-0.39, 0.29) is 0 Å². The van der Waals surface area contributed by atoms with Crippen LogP contribution in [-0.2, 0) is 6.61 Å². The van der Waals surface area contributed by atoms with Crippen molar-refractivity contribution in [3.05, 3.63) is 51.5 Å². The largest absolute Gasteiger partial charge is 0.495 e. The molecule has 106 valence electrons. The van der Waals surface area contributed by atoms with E-state index in [1.165, 1.54) is 0 Å². The van der Waals surface area contributed by atoms with Crippen LogP contribution in [-0.4, -0.2) is 7.11 Å². The number of nitrogen functional groups attached to an aromatic ring is 1. The summed E-state index contributed by atoms with van der Waals surface area (Å²) < 4.78 is 12.1. The van der Waals surface area contributed by atoms with Crippen molar-refractivity contribution >= 4 is 21.6 Å². The van der Waals surface area contributed by atoms with Gasteiger partial charge in [-0.3, -0.25) is 0 Å². The monoisotopic (exact) mass is 335 g/mol. The van der Waals surface area contributed by atoms with Crippen molar-refractivity contribution in [1.82, 2.24) is 0 Å². The molecule has 0 spiro atoms. The second kappa shape index (κ2) is 6.18. The van der Waals surface area contributed by atoms with Crippen LogP contribution in [0.25, 0.3) is 0 Å². The van der Waals surface area contributed by atoms with Crippen LogP contribution >= 0.6 is 15.9 Å². The van der Waals surface area contributed by atoms with E-state index in [2.05, 4.69) is 29.8 Å². The van der Waals surface area contributed by atoms with Crippen molar-refractivity contribution in [1.29, 1.82) is 0 Å². The average molecular weight is 336 g/mol. The molecule has 2 rings (SSSR count). The molecule has 2 N–H and O–H groups in total. The van der Waals surface area contributed by atoms with Crippen LogP contribution in [0.2, 0.25) is 0 Å². The van der Waals surface area contributed by atoms with Crippen LogP contribution in [0.5, 0.6) is 11.5 Å². The minimum atomic E-state index is 0.481. The lowest BCUT2D eigenvalue weighted by molar-refractivity contribution is 0.305. The van der Waals surface area contributed by atoms with Crippen LogP contribution in [0, 0.1) is 13.8 Å². The zero-order chi connectivity index (χ0) is 14.7. The van der Waals surface area contributed by atoms with E-state index in [4.69, 9.17) is 15.2 Å². The molecular formula is C16H18BrNO2. The number of benzene rings is 2. The minimum Gasteiger partial charge on any atom is -0.495 e. The van der Waals surface area contributed by atoms with E-state index in [0.717, 1.165) is 26.9 Å². The van der Waals surface area contributed by atoms with Gasteiger partial charge in [0.15, 0.2) is 0 Å². The number of ether oxygens (including phenoxy) is 2. The van der Waals surface area contributed by atoms with E-state index in [0.29, 0.717) is 18.0 Å². The molecule has 0 heterocycles. The summed E-state index contributed by atoms with van der Waals surface area (Å²) in [7, 11) is 1.61. The molecule has 0 unspecified atom stereocenters. The van der Waals surface area contributed by atoms with Gasteiger partial charge in [0.1, 0.15) is 18.1 Å². The Hall–Kier alpha value is -1.68. The third-order valence-corrected chi connectivity index (χ3v) is 4.36. The Labute approximate surface area is 127 Å². The molecule has 2 aromatic carbocycles. The van der Waals surface area contributed by atoms with Crippen LogP contribution in [0.1, 0.15) is 16.7 Å². The third kappa shape index (κ3) is 3.25. The van der Waals surface area contributed by atoms with E-state index in [9.17, 15) is 0 Å². The first-order valence-corrected chi connectivity index (χ1v) is 7.12. The maximum atomic E-state index is 5.88. The van der Waals surface area contributed by atoms with Crippen molar-refractivity contribution < 1.29 is 9.47 Å². The Morgan fingerprint density at radius 1 is 1.10 bits per heavy atom. The van der Waals surface area contributed by atoms with E-state index < -0.39 is 0 Å². The summed E-state index contributed by atoms with van der Waals surface area (Å²) in [6, 6.07) is 9.71. The molecule has 0 aliphatic rings. The number of hydrogen-bond donors (Lipinski definition) is 1. The van der Waals surface area contributed by atoms with Crippen molar-refractivity contribution in [2.24, 2.45) is 0 Å². The first-order valence-electron chi connectivity index (χ1n) is 6.33. The van der Waals surface area contributed by atoms with Gasteiger partial charge in [0.05, 0.1) is 12.8 Å². The lowest BCUT2D eigenvalue weighted by atomic mass is 10.1. The molecule has 0 aliphatic heterocycles. The van der Waals surface area contributed by atoms with Gasteiger partial charge in [-0.25, -0.2) is 0 Å². The molecule has 2 aromatic rings. The Morgan fingerprint density at radius 3 is 2.30 bits per heavy atom. The van der Waals surface area contributed by atoms with Gasteiger partial charge in [-0.05, 0) is 54.8 Å². The lowest BCUT2D eigenvalue weighted by Crippen LogP contribution is -1.99. The second-order valence-electron chi connectivity index (χ2n) is 4.74. The summed E-state index contributed by atoms with van der Waals surface area (Å²) in [4.78, 5) is 0. The normalized spacial score (nSPS) is 10.4. The van der Waals surface area contributed by atoms with Crippen LogP contribution in [0.4, 0.5) is 5.69 Å². The number of hydrogen-bond acceptors (Lipinski definition) is 3. The summed E-state index contributed by atoms with van der Waals surface area (Å²) in [5.41, 5.74) is 9.84. The Morgan fingerprint density at radius 2 is 1.75 bits per heavy atom. The summed E-state index contributed by atoms with van der Waals surface area (Å²) in [5.74, 6) is 1.54. The van der Waals surface area contributed by atoms with Gasteiger partial charge >= 0.3 is 0 Å². The molecule has 0 aromatic heterocycles. The summed E-state index contributed by atoms with van der Waals surface area (Å²) in [5, 5.41) is 0. The predicted octanol–water partition coefficient (Wildman–Crippen LogP) is 4.24. The van der Waals surface area contributed by atoms with E-state index in [1.54, 1.807) is 7.11 Å². The van der Waals surface area contributed by atoms with Crippen LogP contribution in [0.3, 0.4) is 0 Å². The highest BCUT2D eigenvalue weighted by Crippen LogP contribution is 2.27. The molecule has 0 bridgehead atoms. The van der Waals surface area contributed by atoms with Gasteiger partial charge < -0.3 is 15.2 Å². The molecule has 0 radical (unpaired) electrons. The van der Waals surface area contributed by atoms with Crippen molar-refractivity contribution in [2.75, 3.05) is 12.8 Å². The molecular weight excluding hydrogens is 318 g/mol.